The molecule has 20 heavy (non-hydrogen) atoms. The topological polar surface area (TPSA) is 59.0 Å². The summed E-state index contributed by atoms with van der Waals surface area (Å²) in [6.07, 6.45) is 1.78. The molecule has 106 valence electrons. The Labute approximate surface area is 121 Å². The predicted molar refractivity (Wildman–Crippen MR) is 79.6 cm³/mol. The first-order valence-electron chi connectivity index (χ1n) is 6.86. The number of amides is 1. The molecule has 3 rings (SSSR count). The zero-order valence-corrected chi connectivity index (χ0v) is 12.1. The van der Waals surface area contributed by atoms with Crippen LogP contribution in [-0.2, 0) is 4.79 Å². The number of carbonyl (C=O) groups excluding carboxylic acids is 1. The molecule has 1 saturated heterocycles. The van der Waals surface area contributed by atoms with Crippen LogP contribution >= 0.6 is 12.2 Å². The fraction of sp³-hybridized carbons (Fsp3) is 0.429. The highest BCUT2D eigenvalue weighted by atomic mass is 32.1. The maximum atomic E-state index is 12.1. The lowest BCUT2D eigenvalue weighted by atomic mass is 10.1. The second-order valence-electron chi connectivity index (χ2n) is 4.83. The quantitative estimate of drug-likeness (QED) is 0.854. The highest BCUT2D eigenvalue weighted by Crippen LogP contribution is 2.29. The van der Waals surface area contributed by atoms with E-state index in [-0.39, 0.29) is 11.9 Å². The Kier molecular flexibility index (Phi) is 3.48. The van der Waals surface area contributed by atoms with Crippen LogP contribution in [0.3, 0.4) is 0 Å². The van der Waals surface area contributed by atoms with Crippen molar-refractivity contribution in [1.82, 2.24) is 14.9 Å². The fourth-order valence-corrected chi connectivity index (χ4v) is 3.04. The maximum Gasteiger partial charge on any atom is 0.243 e. The van der Waals surface area contributed by atoms with Crippen molar-refractivity contribution in [3.8, 4) is 5.75 Å². The Bertz CT molecular complexity index is 704. The molecule has 1 amide bonds. The third-order valence-electron chi connectivity index (χ3n) is 3.58. The molecule has 0 spiro atoms. The van der Waals surface area contributed by atoms with E-state index in [1.165, 1.54) is 0 Å². The van der Waals surface area contributed by atoms with Crippen molar-refractivity contribution < 1.29 is 9.53 Å². The van der Waals surface area contributed by atoms with Gasteiger partial charge in [-0.2, -0.15) is 0 Å². The molecule has 1 aromatic heterocycles. The highest BCUT2D eigenvalue weighted by molar-refractivity contribution is 7.71. The van der Waals surface area contributed by atoms with Crippen molar-refractivity contribution in [3.05, 3.63) is 23.0 Å². The van der Waals surface area contributed by atoms with Crippen LogP contribution in [0, 0.1) is 4.77 Å². The van der Waals surface area contributed by atoms with E-state index in [1.807, 2.05) is 29.7 Å². The summed E-state index contributed by atoms with van der Waals surface area (Å²) < 4.78 is 8.08. The molecule has 0 radical (unpaired) electrons. The van der Waals surface area contributed by atoms with Crippen LogP contribution in [0.4, 0.5) is 0 Å². The monoisotopic (exact) mass is 291 g/mol. The molecule has 1 fully saturated rings. The highest BCUT2D eigenvalue weighted by Gasteiger charge is 2.26. The van der Waals surface area contributed by atoms with Crippen molar-refractivity contribution >= 4 is 29.2 Å². The average molecular weight is 291 g/mol. The van der Waals surface area contributed by atoms with Crippen LogP contribution in [0.5, 0.6) is 5.75 Å². The Morgan fingerprint density at radius 1 is 1.50 bits per heavy atom. The molecule has 0 bridgehead atoms. The first-order chi connectivity index (χ1) is 9.72. The summed E-state index contributed by atoms with van der Waals surface area (Å²) in [7, 11) is 0. The number of imidazole rings is 1. The molecule has 1 unspecified atom stereocenters. The summed E-state index contributed by atoms with van der Waals surface area (Å²) in [5, 5.41) is 2.90. The van der Waals surface area contributed by atoms with E-state index >= 15 is 0 Å². The molecule has 1 atom stereocenters. The van der Waals surface area contributed by atoms with Gasteiger partial charge in [0.15, 0.2) is 4.77 Å². The largest absolute Gasteiger partial charge is 0.492 e. The number of carbonyl (C=O) groups is 1. The number of para-hydroxylation sites is 1. The third kappa shape index (κ3) is 2.10. The number of H-pyrrole nitrogens is 1. The number of aromatic amines is 1. The van der Waals surface area contributed by atoms with Crippen molar-refractivity contribution in [2.45, 2.75) is 25.8 Å². The summed E-state index contributed by atoms with van der Waals surface area (Å²) >= 11 is 5.40. The number of hydrogen-bond donors (Lipinski definition) is 2. The maximum absolute atomic E-state index is 12.1. The van der Waals surface area contributed by atoms with E-state index in [0.717, 1.165) is 36.2 Å². The van der Waals surface area contributed by atoms with Gasteiger partial charge in [-0.1, -0.05) is 6.07 Å². The Hall–Kier alpha value is -1.82. The molecule has 1 aromatic carbocycles. The van der Waals surface area contributed by atoms with Gasteiger partial charge < -0.3 is 19.6 Å². The molecule has 2 heterocycles. The molecule has 1 aliphatic heterocycles. The summed E-state index contributed by atoms with van der Waals surface area (Å²) in [6.45, 7) is 3.28. The van der Waals surface area contributed by atoms with Crippen LogP contribution in [0.15, 0.2) is 18.2 Å². The zero-order valence-electron chi connectivity index (χ0n) is 11.3. The van der Waals surface area contributed by atoms with Crippen molar-refractivity contribution in [3.63, 3.8) is 0 Å². The molecular formula is C14H17N3O2S. The van der Waals surface area contributed by atoms with E-state index in [2.05, 4.69) is 10.3 Å². The van der Waals surface area contributed by atoms with Gasteiger partial charge in [-0.15, -0.1) is 0 Å². The number of nitrogens with one attached hydrogen (secondary N) is 2. The van der Waals surface area contributed by atoms with E-state index < -0.39 is 0 Å². The summed E-state index contributed by atoms with van der Waals surface area (Å²) in [5.74, 6) is 0.807. The summed E-state index contributed by atoms with van der Waals surface area (Å²) in [6, 6.07) is 5.56. The minimum absolute atomic E-state index is 0.0371. The molecule has 6 heteroatoms. The van der Waals surface area contributed by atoms with Gasteiger partial charge in [-0.05, 0) is 44.1 Å². The lowest BCUT2D eigenvalue weighted by Crippen LogP contribution is -2.37. The third-order valence-corrected chi connectivity index (χ3v) is 3.88. The van der Waals surface area contributed by atoms with Gasteiger partial charge in [0.1, 0.15) is 17.3 Å². The number of rotatable bonds is 3. The Morgan fingerprint density at radius 3 is 3.10 bits per heavy atom. The minimum atomic E-state index is -0.234. The number of ether oxygens (including phenoxy) is 1. The zero-order chi connectivity index (χ0) is 14.1. The first-order valence-corrected chi connectivity index (χ1v) is 7.27. The predicted octanol–water partition coefficient (Wildman–Crippen LogP) is 2.55. The number of hydrogen-bond acceptors (Lipinski definition) is 3. The Morgan fingerprint density at radius 2 is 2.35 bits per heavy atom. The summed E-state index contributed by atoms with van der Waals surface area (Å²) in [4.78, 5) is 15.2. The van der Waals surface area contributed by atoms with E-state index in [0.29, 0.717) is 11.4 Å². The summed E-state index contributed by atoms with van der Waals surface area (Å²) in [5.41, 5.74) is 1.78. The molecule has 5 nitrogen and oxygen atoms in total. The second-order valence-corrected chi connectivity index (χ2v) is 5.22. The number of aromatic nitrogens is 2. The van der Waals surface area contributed by atoms with E-state index in [1.54, 1.807) is 0 Å². The molecule has 0 saturated carbocycles. The normalized spacial score (nSPS) is 19.1. The van der Waals surface area contributed by atoms with Crippen LogP contribution < -0.4 is 10.1 Å². The number of benzene rings is 1. The number of nitrogens with zero attached hydrogens (tertiary/aromatic N) is 1. The molecule has 0 aliphatic carbocycles. The minimum Gasteiger partial charge on any atom is -0.492 e. The van der Waals surface area contributed by atoms with Gasteiger partial charge in [-0.25, -0.2) is 0 Å². The van der Waals surface area contributed by atoms with Gasteiger partial charge in [-0.3, -0.25) is 4.79 Å². The molecule has 2 aromatic rings. The van der Waals surface area contributed by atoms with Gasteiger partial charge in [0.2, 0.25) is 5.91 Å². The van der Waals surface area contributed by atoms with Crippen LogP contribution in [0.25, 0.3) is 11.0 Å². The molecule has 2 N–H and O–H groups in total. The Balaban J connectivity index is 2.16. The average Bonchev–Trinajstić information content (AvgIpc) is 2.77. The van der Waals surface area contributed by atoms with Crippen LogP contribution in [0.1, 0.15) is 25.8 Å². The standard InChI is InChI=1S/C14H17N3O2S/c1-2-19-11-7-3-5-9-12(11)16-14(20)17(9)10-6-4-8-15-13(10)18/h3,5,7,10H,2,4,6,8H2,1H3,(H,15,18)(H,16,20). The fourth-order valence-electron chi connectivity index (χ4n) is 2.71. The number of fused-ring (bicyclic) bond motifs is 1. The van der Waals surface area contributed by atoms with Crippen LogP contribution in [0.2, 0.25) is 0 Å². The lowest BCUT2D eigenvalue weighted by Gasteiger charge is -2.23. The van der Waals surface area contributed by atoms with E-state index in [4.69, 9.17) is 17.0 Å². The first kappa shape index (κ1) is 13.2. The number of piperidine rings is 1. The van der Waals surface area contributed by atoms with Gasteiger partial charge in [0.25, 0.3) is 0 Å². The van der Waals surface area contributed by atoms with E-state index in [9.17, 15) is 4.79 Å². The molecular weight excluding hydrogens is 274 g/mol. The van der Waals surface area contributed by atoms with Gasteiger partial charge in [0, 0.05) is 6.54 Å². The second kappa shape index (κ2) is 5.28. The van der Waals surface area contributed by atoms with Crippen LogP contribution in [-0.4, -0.2) is 28.6 Å². The van der Waals surface area contributed by atoms with Crippen molar-refractivity contribution in [2.75, 3.05) is 13.2 Å². The molecule has 1 aliphatic rings. The SMILES string of the molecule is CCOc1cccc2c1[nH]c(=S)n2C1CCCNC1=O. The van der Waals surface area contributed by atoms with Crippen molar-refractivity contribution in [1.29, 1.82) is 0 Å². The van der Waals surface area contributed by atoms with Gasteiger partial charge in [0.05, 0.1) is 12.1 Å². The van der Waals surface area contributed by atoms with Gasteiger partial charge >= 0.3 is 0 Å². The smallest absolute Gasteiger partial charge is 0.243 e. The van der Waals surface area contributed by atoms with Crippen molar-refractivity contribution in [2.24, 2.45) is 0 Å². The lowest BCUT2D eigenvalue weighted by molar-refractivity contribution is -0.125.